The third-order valence-electron chi connectivity index (χ3n) is 5.83. The molecule has 2 unspecified atom stereocenters. The number of hydrogen-bond acceptors (Lipinski definition) is 5. The Labute approximate surface area is 180 Å². The van der Waals surface area contributed by atoms with Crippen molar-refractivity contribution < 1.29 is 4.79 Å². The number of thioether (sulfide) groups is 1. The Morgan fingerprint density at radius 3 is 2.83 bits per heavy atom. The van der Waals surface area contributed by atoms with E-state index in [1.165, 1.54) is 22.9 Å². The van der Waals surface area contributed by atoms with Crippen molar-refractivity contribution in [2.24, 2.45) is 0 Å². The van der Waals surface area contributed by atoms with Crippen LogP contribution in [0.5, 0.6) is 0 Å². The number of nitrogens with zero attached hydrogens (tertiary/aromatic N) is 4. The molecule has 2 heterocycles. The second-order valence-corrected chi connectivity index (χ2v) is 9.37. The summed E-state index contributed by atoms with van der Waals surface area (Å²) in [5.41, 5.74) is 3.57. The Hall–Kier alpha value is -2.67. The zero-order chi connectivity index (χ0) is 20.5. The predicted octanol–water partition coefficient (Wildman–Crippen LogP) is 4.35. The predicted molar refractivity (Wildman–Crippen MR) is 117 cm³/mol. The van der Waals surface area contributed by atoms with Gasteiger partial charge >= 0.3 is 0 Å². The molecule has 1 N–H and O–H groups in total. The summed E-state index contributed by atoms with van der Waals surface area (Å²) in [5.74, 6) is 0.886. The Morgan fingerprint density at radius 2 is 2.03 bits per heavy atom. The molecule has 0 bridgehead atoms. The number of benzene rings is 1. The Bertz CT molecular complexity index is 1050. The molecule has 30 heavy (non-hydrogen) atoms. The summed E-state index contributed by atoms with van der Waals surface area (Å²) in [4.78, 5) is 17.2. The molecule has 1 amide bonds. The number of carbonyl (C=O) groups is 1. The van der Waals surface area contributed by atoms with E-state index in [1.807, 2.05) is 25.3 Å². The summed E-state index contributed by atoms with van der Waals surface area (Å²) in [6, 6.07) is 12.9. The molecule has 0 saturated heterocycles. The number of pyridine rings is 1. The van der Waals surface area contributed by atoms with Gasteiger partial charge in [0, 0.05) is 24.0 Å². The molecule has 2 atom stereocenters. The highest BCUT2D eigenvalue weighted by atomic mass is 32.2. The molecule has 1 fully saturated rings. The molecule has 0 aliphatic heterocycles. The van der Waals surface area contributed by atoms with Gasteiger partial charge in [-0.2, -0.15) is 0 Å². The minimum absolute atomic E-state index is 0.0509. The van der Waals surface area contributed by atoms with Gasteiger partial charge in [0.2, 0.25) is 5.91 Å². The highest BCUT2D eigenvalue weighted by molar-refractivity contribution is 8.00. The fourth-order valence-electron chi connectivity index (χ4n) is 4.12. The molecular formula is C23H25N5OS. The van der Waals surface area contributed by atoms with E-state index in [0.717, 1.165) is 48.6 Å². The fourth-order valence-corrected chi connectivity index (χ4v) is 5.04. The monoisotopic (exact) mass is 419 g/mol. The third kappa shape index (κ3) is 3.86. The topological polar surface area (TPSA) is 72.7 Å². The van der Waals surface area contributed by atoms with Crippen molar-refractivity contribution in [1.82, 2.24) is 25.1 Å². The smallest absolute Gasteiger partial charge is 0.233 e. The van der Waals surface area contributed by atoms with Crippen molar-refractivity contribution in [3.05, 3.63) is 59.9 Å². The number of carbonyl (C=O) groups excluding carboxylic acids is 1. The molecule has 1 aromatic carbocycles. The van der Waals surface area contributed by atoms with Gasteiger partial charge in [-0.25, -0.2) is 0 Å². The van der Waals surface area contributed by atoms with Crippen molar-refractivity contribution in [2.45, 2.75) is 61.5 Å². The van der Waals surface area contributed by atoms with E-state index in [2.05, 4.69) is 49.3 Å². The van der Waals surface area contributed by atoms with Crippen LogP contribution in [0.4, 0.5) is 0 Å². The minimum atomic E-state index is -0.248. The maximum absolute atomic E-state index is 13.0. The Kier molecular flexibility index (Phi) is 5.29. The summed E-state index contributed by atoms with van der Waals surface area (Å²) in [6.07, 6.45) is 9.00. The first-order chi connectivity index (χ1) is 14.7. The molecule has 2 aliphatic rings. The van der Waals surface area contributed by atoms with Gasteiger partial charge < -0.3 is 5.32 Å². The normalized spacial score (nSPS) is 19.2. The zero-order valence-electron chi connectivity index (χ0n) is 17.0. The van der Waals surface area contributed by atoms with Crippen LogP contribution in [0.25, 0.3) is 11.4 Å². The maximum Gasteiger partial charge on any atom is 0.233 e. The van der Waals surface area contributed by atoms with Crippen LogP contribution in [0.2, 0.25) is 0 Å². The summed E-state index contributed by atoms with van der Waals surface area (Å²) in [5, 5.41) is 12.7. The summed E-state index contributed by atoms with van der Waals surface area (Å²) < 4.78 is 2.18. The number of aryl methyl sites for hydroxylation is 1. The van der Waals surface area contributed by atoms with Crippen molar-refractivity contribution in [2.75, 3.05) is 0 Å². The number of rotatable bonds is 6. The molecule has 0 spiro atoms. The van der Waals surface area contributed by atoms with E-state index in [9.17, 15) is 4.79 Å². The first kappa shape index (κ1) is 19.3. The fraction of sp³-hybridized carbons (Fsp3) is 0.391. The largest absolute Gasteiger partial charge is 0.348 e. The van der Waals surface area contributed by atoms with Crippen LogP contribution in [0.15, 0.2) is 53.9 Å². The summed E-state index contributed by atoms with van der Waals surface area (Å²) >= 11 is 1.49. The Balaban J connectivity index is 1.32. The molecule has 1 saturated carbocycles. The maximum atomic E-state index is 13.0. The highest BCUT2D eigenvalue weighted by Crippen LogP contribution is 2.41. The zero-order valence-corrected chi connectivity index (χ0v) is 17.8. The average Bonchev–Trinajstić information content (AvgIpc) is 3.54. The van der Waals surface area contributed by atoms with E-state index in [4.69, 9.17) is 0 Å². The molecule has 5 rings (SSSR count). The van der Waals surface area contributed by atoms with Crippen molar-refractivity contribution in [1.29, 1.82) is 0 Å². The van der Waals surface area contributed by atoms with Crippen LogP contribution in [0, 0.1) is 0 Å². The first-order valence-electron chi connectivity index (χ1n) is 10.6. The van der Waals surface area contributed by atoms with Gasteiger partial charge in [0.1, 0.15) is 0 Å². The SMILES string of the molecule is CC(Sc1nnc(-c2cccnc2)n1C1CC1)C(=O)NC1CCCc2ccccc21. The lowest BCUT2D eigenvalue weighted by Gasteiger charge is -2.27. The van der Waals surface area contributed by atoms with E-state index >= 15 is 0 Å². The third-order valence-corrected chi connectivity index (χ3v) is 6.89. The quantitative estimate of drug-likeness (QED) is 0.602. The van der Waals surface area contributed by atoms with E-state index in [-0.39, 0.29) is 17.2 Å². The lowest BCUT2D eigenvalue weighted by atomic mass is 9.88. The van der Waals surface area contributed by atoms with Gasteiger partial charge in [0.05, 0.1) is 11.3 Å². The van der Waals surface area contributed by atoms with Gasteiger partial charge in [-0.1, -0.05) is 36.0 Å². The number of hydrogen-bond donors (Lipinski definition) is 1. The summed E-state index contributed by atoms with van der Waals surface area (Å²) in [7, 11) is 0. The first-order valence-corrected chi connectivity index (χ1v) is 11.5. The van der Waals surface area contributed by atoms with Crippen molar-refractivity contribution in [3.8, 4) is 11.4 Å². The molecular weight excluding hydrogens is 394 g/mol. The lowest BCUT2D eigenvalue weighted by Crippen LogP contribution is -2.36. The van der Waals surface area contributed by atoms with E-state index < -0.39 is 0 Å². The van der Waals surface area contributed by atoms with Gasteiger partial charge in [0.15, 0.2) is 11.0 Å². The summed E-state index contributed by atoms with van der Waals surface area (Å²) in [6.45, 7) is 1.95. The number of nitrogens with one attached hydrogen (secondary N) is 1. The van der Waals surface area contributed by atoms with Crippen LogP contribution in [0.3, 0.4) is 0 Å². The van der Waals surface area contributed by atoms with Crippen molar-refractivity contribution in [3.63, 3.8) is 0 Å². The lowest BCUT2D eigenvalue weighted by molar-refractivity contribution is -0.121. The molecule has 3 aromatic rings. The molecule has 2 aromatic heterocycles. The standard InChI is InChI=1S/C23H25N5OS/c1-15(22(29)25-20-10-4-7-16-6-2-3-9-19(16)20)30-23-27-26-21(28(23)18-11-12-18)17-8-5-13-24-14-17/h2-3,5-6,8-9,13-15,18,20H,4,7,10-12H2,1H3,(H,25,29). The number of amides is 1. The van der Waals surface area contributed by atoms with Crippen LogP contribution >= 0.6 is 11.8 Å². The highest BCUT2D eigenvalue weighted by Gasteiger charge is 2.32. The number of fused-ring (bicyclic) bond motifs is 1. The molecule has 7 heteroatoms. The van der Waals surface area contributed by atoms with Gasteiger partial charge in [-0.3, -0.25) is 14.3 Å². The second-order valence-electron chi connectivity index (χ2n) is 8.06. The van der Waals surface area contributed by atoms with Gasteiger partial charge in [-0.05, 0) is 62.3 Å². The van der Waals surface area contributed by atoms with Crippen LogP contribution in [-0.4, -0.2) is 30.9 Å². The number of aromatic nitrogens is 4. The molecule has 6 nitrogen and oxygen atoms in total. The van der Waals surface area contributed by atoms with Crippen molar-refractivity contribution >= 4 is 17.7 Å². The molecule has 154 valence electrons. The molecule has 2 aliphatic carbocycles. The molecule has 0 radical (unpaired) electrons. The average molecular weight is 420 g/mol. The van der Waals surface area contributed by atoms with E-state index in [1.54, 1.807) is 6.20 Å². The van der Waals surface area contributed by atoms with Crippen LogP contribution in [-0.2, 0) is 11.2 Å². The van der Waals surface area contributed by atoms with E-state index in [0.29, 0.717) is 6.04 Å². The Morgan fingerprint density at radius 1 is 1.17 bits per heavy atom. The van der Waals surface area contributed by atoms with Gasteiger partial charge in [-0.15, -0.1) is 10.2 Å². The minimum Gasteiger partial charge on any atom is -0.348 e. The van der Waals surface area contributed by atoms with Crippen LogP contribution in [0.1, 0.15) is 55.8 Å². The van der Waals surface area contributed by atoms with Crippen LogP contribution < -0.4 is 5.32 Å². The second kappa shape index (κ2) is 8.22. The van der Waals surface area contributed by atoms with Gasteiger partial charge in [0.25, 0.3) is 0 Å².